The number of sulfonamides is 1. The number of hydrogen-bond acceptors (Lipinski definition) is 4. The van der Waals surface area contributed by atoms with Crippen molar-refractivity contribution < 1.29 is 13.2 Å². The maximum Gasteiger partial charge on any atom is 0.261 e. The molecule has 0 aliphatic carbocycles. The zero-order valence-electron chi connectivity index (χ0n) is 15.5. The average molecular weight is 382 g/mol. The van der Waals surface area contributed by atoms with Crippen LogP contribution >= 0.6 is 0 Å². The van der Waals surface area contributed by atoms with Crippen LogP contribution in [0.1, 0.15) is 11.1 Å². The molecule has 0 radical (unpaired) electrons. The Morgan fingerprint density at radius 3 is 2.00 bits per heavy atom. The summed E-state index contributed by atoms with van der Waals surface area (Å²) in [6.45, 7) is 3.92. The van der Waals surface area contributed by atoms with E-state index in [1.165, 1.54) is 0 Å². The Kier molecular flexibility index (Phi) is 5.37. The molecule has 0 amide bonds. The predicted molar refractivity (Wildman–Crippen MR) is 109 cm³/mol. The van der Waals surface area contributed by atoms with E-state index in [2.05, 4.69) is 10.0 Å². The van der Waals surface area contributed by atoms with E-state index >= 15 is 0 Å². The van der Waals surface area contributed by atoms with E-state index in [-0.39, 0.29) is 4.90 Å². The molecule has 0 spiro atoms. The normalized spacial score (nSPS) is 11.1. The van der Waals surface area contributed by atoms with Crippen LogP contribution in [-0.2, 0) is 10.0 Å². The van der Waals surface area contributed by atoms with Gasteiger partial charge in [-0.3, -0.25) is 4.72 Å². The first-order chi connectivity index (χ1) is 12.9. The molecule has 0 aliphatic heterocycles. The van der Waals surface area contributed by atoms with Crippen LogP contribution in [0.25, 0.3) is 0 Å². The largest absolute Gasteiger partial charge is 0.495 e. The van der Waals surface area contributed by atoms with Crippen LogP contribution in [-0.4, -0.2) is 15.5 Å². The molecule has 0 unspecified atom stereocenters. The summed E-state index contributed by atoms with van der Waals surface area (Å²) in [6.07, 6.45) is 0. The first-order valence-corrected chi connectivity index (χ1v) is 9.97. The number of aryl methyl sites for hydroxylation is 2. The van der Waals surface area contributed by atoms with Gasteiger partial charge in [0.25, 0.3) is 10.0 Å². The minimum atomic E-state index is -3.61. The van der Waals surface area contributed by atoms with Gasteiger partial charge < -0.3 is 10.1 Å². The highest BCUT2D eigenvalue weighted by Gasteiger charge is 2.13. The number of anilines is 3. The fourth-order valence-electron chi connectivity index (χ4n) is 2.63. The lowest BCUT2D eigenvalue weighted by Gasteiger charge is -2.13. The SMILES string of the molecule is COc1ccc(C)cc1Nc1ccc(NS(=O)(=O)c2ccc(C)cc2)cc1. The van der Waals surface area contributed by atoms with Crippen LogP contribution in [0.15, 0.2) is 71.6 Å². The summed E-state index contributed by atoms with van der Waals surface area (Å²) in [5.41, 5.74) is 4.30. The van der Waals surface area contributed by atoms with Gasteiger partial charge in [-0.25, -0.2) is 8.42 Å². The third-order valence-electron chi connectivity index (χ3n) is 4.10. The number of hydrogen-bond donors (Lipinski definition) is 2. The van der Waals surface area contributed by atoms with E-state index in [9.17, 15) is 8.42 Å². The van der Waals surface area contributed by atoms with Gasteiger partial charge in [-0.15, -0.1) is 0 Å². The molecule has 3 rings (SSSR count). The zero-order chi connectivity index (χ0) is 19.4. The van der Waals surface area contributed by atoms with Gasteiger partial charge in [0.05, 0.1) is 17.7 Å². The summed E-state index contributed by atoms with van der Waals surface area (Å²) in [6, 6.07) is 19.7. The Balaban J connectivity index is 1.76. The molecular formula is C21H22N2O3S. The van der Waals surface area contributed by atoms with Crippen LogP contribution in [0.4, 0.5) is 17.1 Å². The molecule has 5 nitrogen and oxygen atoms in total. The van der Waals surface area contributed by atoms with Gasteiger partial charge in [-0.05, 0) is 67.9 Å². The van der Waals surface area contributed by atoms with Gasteiger partial charge in [-0.1, -0.05) is 23.8 Å². The second-order valence-corrected chi connectivity index (χ2v) is 8.01. The summed E-state index contributed by atoms with van der Waals surface area (Å²) in [7, 11) is -1.98. The number of nitrogens with one attached hydrogen (secondary N) is 2. The Morgan fingerprint density at radius 1 is 0.778 bits per heavy atom. The van der Waals surface area contributed by atoms with Gasteiger partial charge in [-0.2, -0.15) is 0 Å². The highest BCUT2D eigenvalue weighted by molar-refractivity contribution is 7.92. The molecule has 0 aromatic heterocycles. The van der Waals surface area contributed by atoms with E-state index in [0.717, 1.165) is 28.3 Å². The van der Waals surface area contributed by atoms with Crippen molar-refractivity contribution in [3.05, 3.63) is 77.9 Å². The molecule has 0 heterocycles. The van der Waals surface area contributed by atoms with Crippen LogP contribution in [0.3, 0.4) is 0 Å². The zero-order valence-corrected chi connectivity index (χ0v) is 16.3. The van der Waals surface area contributed by atoms with Crippen LogP contribution in [0.5, 0.6) is 5.75 Å². The second kappa shape index (κ2) is 7.72. The summed E-state index contributed by atoms with van der Waals surface area (Å²) in [4.78, 5) is 0.236. The molecule has 0 aliphatic rings. The van der Waals surface area contributed by atoms with Crippen molar-refractivity contribution >= 4 is 27.1 Å². The van der Waals surface area contributed by atoms with Crippen molar-refractivity contribution in [1.82, 2.24) is 0 Å². The first-order valence-electron chi connectivity index (χ1n) is 8.48. The Labute approximate surface area is 160 Å². The number of benzene rings is 3. The van der Waals surface area contributed by atoms with E-state index in [4.69, 9.17) is 4.74 Å². The molecule has 2 N–H and O–H groups in total. The maximum absolute atomic E-state index is 12.5. The Bertz CT molecular complexity index is 1030. The van der Waals surface area contributed by atoms with E-state index < -0.39 is 10.0 Å². The van der Waals surface area contributed by atoms with Gasteiger partial charge in [0.2, 0.25) is 0 Å². The maximum atomic E-state index is 12.5. The molecule has 3 aromatic rings. The minimum absolute atomic E-state index is 0.236. The summed E-state index contributed by atoms with van der Waals surface area (Å²) >= 11 is 0. The van der Waals surface area contributed by atoms with Crippen molar-refractivity contribution in [3.63, 3.8) is 0 Å². The molecule has 27 heavy (non-hydrogen) atoms. The van der Waals surface area contributed by atoms with Gasteiger partial charge in [0, 0.05) is 11.4 Å². The molecule has 140 valence electrons. The van der Waals surface area contributed by atoms with Crippen LogP contribution in [0.2, 0.25) is 0 Å². The first kappa shape index (κ1) is 18.8. The summed E-state index contributed by atoms with van der Waals surface area (Å²) in [5, 5.41) is 3.29. The lowest BCUT2D eigenvalue weighted by molar-refractivity contribution is 0.416. The van der Waals surface area contributed by atoms with Crippen molar-refractivity contribution in [2.75, 3.05) is 17.1 Å². The van der Waals surface area contributed by atoms with E-state index in [0.29, 0.717) is 5.69 Å². The Morgan fingerprint density at radius 2 is 1.37 bits per heavy atom. The van der Waals surface area contributed by atoms with E-state index in [1.807, 2.05) is 44.2 Å². The minimum Gasteiger partial charge on any atom is -0.495 e. The molecular weight excluding hydrogens is 360 g/mol. The number of rotatable bonds is 6. The summed E-state index contributed by atoms with van der Waals surface area (Å²) < 4.78 is 32.9. The van der Waals surface area contributed by atoms with Gasteiger partial charge >= 0.3 is 0 Å². The highest BCUT2D eigenvalue weighted by atomic mass is 32.2. The molecule has 0 saturated heterocycles. The summed E-state index contributed by atoms with van der Waals surface area (Å²) in [5.74, 6) is 0.741. The molecule has 0 bridgehead atoms. The third kappa shape index (κ3) is 4.60. The molecule has 0 atom stereocenters. The van der Waals surface area contributed by atoms with Crippen molar-refractivity contribution in [2.24, 2.45) is 0 Å². The van der Waals surface area contributed by atoms with Gasteiger partial charge in [0.15, 0.2) is 0 Å². The fourth-order valence-corrected chi connectivity index (χ4v) is 3.69. The lowest BCUT2D eigenvalue weighted by atomic mass is 10.2. The van der Waals surface area contributed by atoms with Crippen LogP contribution < -0.4 is 14.8 Å². The highest BCUT2D eigenvalue weighted by Crippen LogP contribution is 2.29. The molecule has 3 aromatic carbocycles. The van der Waals surface area contributed by atoms with Crippen molar-refractivity contribution in [2.45, 2.75) is 18.7 Å². The fraction of sp³-hybridized carbons (Fsp3) is 0.143. The number of ether oxygens (including phenoxy) is 1. The topological polar surface area (TPSA) is 67.4 Å². The molecule has 0 saturated carbocycles. The van der Waals surface area contributed by atoms with Crippen molar-refractivity contribution in [3.8, 4) is 5.75 Å². The molecule has 0 fully saturated rings. The third-order valence-corrected chi connectivity index (χ3v) is 5.50. The predicted octanol–water partition coefficient (Wildman–Crippen LogP) is 4.86. The average Bonchev–Trinajstić information content (AvgIpc) is 2.64. The second-order valence-electron chi connectivity index (χ2n) is 6.32. The van der Waals surface area contributed by atoms with Crippen molar-refractivity contribution in [1.29, 1.82) is 0 Å². The molecule has 6 heteroatoms. The van der Waals surface area contributed by atoms with Gasteiger partial charge in [0.1, 0.15) is 5.75 Å². The van der Waals surface area contributed by atoms with E-state index in [1.54, 1.807) is 43.5 Å². The quantitative estimate of drug-likeness (QED) is 0.639. The standard InChI is InChI=1S/C21H22N2O3S/c1-15-4-11-19(12-5-15)27(24,25)23-18-9-7-17(8-10-18)22-20-14-16(2)6-13-21(20)26-3/h4-14,22-23H,1-3H3. The number of methoxy groups -OCH3 is 1. The van der Waals surface area contributed by atoms with Crippen LogP contribution in [0, 0.1) is 13.8 Å². The monoisotopic (exact) mass is 382 g/mol. The lowest BCUT2D eigenvalue weighted by Crippen LogP contribution is -2.12. The Hall–Kier alpha value is -2.99. The smallest absolute Gasteiger partial charge is 0.261 e.